The number of allylic oxidation sites excluding steroid dienone is 1. The minimum atomic E-state index is -3.39. The van der Waals surface area contributed by atoms with Gasteiger partial charge >= 0.3 is 11.9 Å². The maximum absolute atomic E-state index is 13.6. The van der Waals surface area contributed by atoms with Crippen LogP contribution in [0.1, 0.15) is 259 Å². The number of ether oxygens (including phenoxy) is 8. The van der Waals surface area contributed by atoms with Crippen molar-refractivity contribution in [2.75, 3.05) is 33.0 Å². The molecule has 4 aliphatic rings. The lowest BCUT2D eigenvalue weighted by molar-refractivity contribution is -0.388. The van der Waals surface area contributed by atoms with Crippen LogP contribution in [0.2, 0.25) is 0 Å². The van der Waals surface area contributed by atoms with E-state index < -0.39 is 216 Å². The number of carbonyl (C=O) groups is 5. The molecule has 0 spiro atoms. The molecule has 0 saturated carbocycles. The fourth-order valence-corrected chi connectivity index (χ4v) is 14.6. The van der Waals surface area contributed by atoms with Gasteiger partial charge in [-0.05, 0) is 19.3 Å². The molecule has 4 saturated heterocycles. The summed E-state index contributed by atoms with van der Waals surface area (Å²) in [7, 11) is 0. The summed E-state index contributed by atoms with van der Waals surface area (Å²) in [6.07, 6.45) is -0.126. The minimum absolute atomic E-state index is 0.156. The first-order valence-electron chi connectivity index (χ1n) is 40.2. The van der Waals surface area contributed by atoms with Crippen LogP contribution in [0.25, 0.3) is 0 Å². The van der Waals surface area contributed by atoms with E-state index in [9.17, 15) is 106 Å². The van der Waals surface area contributed by atoms with Crippen LogP contribution in [0, 0.1) is 0 Å². The monoisotopic (exact) mass is 1560 g/mol. The number of nitrogens with one attached hydrogen (secondary N) is 3. The van der Waals surface area contributed by atoms with Crippen LogP contribution in [0.5, 0.6) is 0 Å². The second-order valence-electron chi connectivity index (χ2n) is 30.0. The minimum Gasteiger partial charge on any atom is -0.477 e. The highest BCUT2D eigenvalue weighted by Crippen LogP contribution is 2.41. The molecule has 0 bridgehead atoms. The number of aliphatic carboxylic acids is 2. The SMILES string of the molecule is CCCCCCCCCCCCCCC/C=C/[C@@H](O)[C@H](CO[C@@H]1O[C@H](CO)[C@@H](O[C@@H]2O[C@H](CO)[C@H](O)[C@H](O[C@]3(C(=O)O)C[C@H](O)[C@@H](NC(C)=O)[C@H]([C@H](O)[C@@H](CO)O[C@]4(C(=O)O)C[C@H](O)[C@@H](NC(C)=O)[C@H]([C@H](O)[C@H](O)CO)O4)O3)[C@H]2O)[C@H](O)[C@H]1O)NC(=O)CCCCCCCCCCCCCCCCCCCCC. The zero-order chi connectivity index (χ0) is 79.8. The Bertz CT molecular complexity index is 2510. The molecule has 19 N–H and O–H groups in total. The topological polar surface area (TPSA) is 519 Å². The maximum Gasteiger partial charge on any atom is 0.364 e. The molecule has 32 heteroatoms. The molecule has 108 heavy (non-hydrogen) atoms. The van der Waals surface area contributed by atoms with Crippen molar-refractivity contribution >= 4 is 29.7 Å². The summed E-state index contributed by atoms with van der Waals surface area (Å²) >= 11 is 0. The highest BCUT2D eigenvalue weighted by atomic mass is 16.8. The lowest BCUT2D eigenvalue weighted by atomic mass is 9.87. The van der Waals surface area contributed by atoms with Gasteiger partial charge in [-0.3, -0.25) is 14.4 Å². The van der Waals surface area contributed by atoms with Crippen LogP contribution in [-0.2, 0) is 61.9 Å². The molecule has 3 amide bonds. The highest BCUT2D eigenvalue weighted by molar-refractivity contribution is 5.78. The number of hydrogen-bond acceptors (Lipinski definition) is 27. The number of carboxylic acids is 2. The van der Waals surface area contributed by atoms with Gasteiger partial charge in [0.05, 0.1) is 69.5 Å². The summed E-state index contributed by atoms with van der Waals surface area (Å²) in [5.41, 5.74) is 0. The summed E-state index contributed by atoms with van der Waals surface area (Å²) in [4.78, 5) is 65.1. The fourth-order valence-electron chi connectivity index (χ4n) is 14.6. The van der Waals surface area contributed by atoms with E-state index in [1.54, 1.807) is 6.08 Å². The smallest absolute Gasteiger partial charge is 0.364 e. The molecule has 630 valence electrons. The Balaban J connectivity index is 1.46. The summed E-state index contributed by atoms with van der Waals surface area (Å²) < 4.78 is 46.6. The molecule has 0 radical (unpaired) electrons. The van der Waals surface area contributed by atoms with Crippen LogP contribution >= 0.6 is 0 Å². The summed E-state index contributed by atoms with van der Waals surface area (Å²) in [6.45, 7) is 1.15. The molecule has 0 aliphatic carbocycles. The fraction of sp³-hybridized carbons (Fsp3) is 0.908. The predicted octanol–water partition coefficient (Wildman–Crippen LogP) is 2.68. The third-order valence-electron chi connectivity index (χ3n) is 21.0. The van der Waals surface area contributed by atoms with Gasteiger partial charge in [-0.2, -0.15) is 0 Å². The molecule has 4 rings (SSSR count). The highest BCUT2D eigenvalue weighted by Gasteiger charge is 2.62. The predicted molar refractivity (Wildman–Crippen MR) is 391 cm³/mol. The zero-order valence-electron chi connectivity index (χ0n) is 64.3. The number of carbonyl (C=O) groups excluding carboxylic acids is 3. The number of hydrogen-bond donors (Lipinski definition) is 19. The van der Waals surface area contributed by atoms with E-state index in [1.165, 1.54) is 148 Å². The van der Waals surface area contributed by atoms with Crippen LogP contribution in [0.4, 0.5) is 0 Å². The first-order valence-corrected chi connectivity index (χ1v) is 40.2. The molecule has 32 nitrogen and oxygen atoms in total. The van der Waals surface area contributed by atoms with E-state index >= 15 is 0 Å². The number of unbranched alkanes of at least 4 members (excludes halogenated alkanes) is 31. The first kappa shape index (κ1) is 96.6. The summed E-state index contributed by atoms with van der Waals surface area (Å²) in [5, 5.41) is 185. The van der Waals surface area contributed by atoms with Gasteiger partial charge in [-0.1, -0.05) is 219 Å². The van der Waals surface area contributed by atoms with Gasteiger partial charge < -0.3 is 136 Å². The van der Waals surface area contributed by atoms with Crippen molar-refractivity contribution in [3.8, 4) is 0 Å². The number of amides is 3. The number of aliphatic hydroxyl groups excluding tert-OH is 14. The largest absolute Gasteiger partial charge is 0.477 e. The molecule has 4 heterocycles. The lowest BCUT2D eigenvalue weighted by Crippen LogP contribution is -2.72. The van der Waals surface area contributed by atoms with E-state index in [1.807, 2.05) is 6.08 Å². The molecular formula is C76H137N3O29. The molecular weight excluding hydrogens is 1420 g/mol. The third kappa shape index (κ3) is 31.9. The van der Waals surface area contributed by atoms with Gasteiger partial charge in [-0.15, -0.1) is 0 Å². The van der Waals surface area contributed by atoms with Crippen molar-refractivity contribution in [1.29, 1.82) is 0 Å². The lowest BCUT2D eigenvalue weighted by Gasteiger charge is -2.51. The van der Waals surface area contributed by atoms with E-state index in [-0.39, 0.29) is 12.3 Å². The van der Waals surface area contributed by atoms with Gasteiger partial charge in [0.25, 0.3) is 11.6 Å². The van der Waals surface area contributed by atoms with Gasteiger partial charge in [0, 0.05) is 33.1 Å². The summed E-state index contributed by atoms with van der Waals surface area (Å²) in [6, 6.07) is -4.73. The van der Waals surface area contributed by atoms with E-state index in [0.29, 0.717) is 12.8 Å². The Hall–Kier alpha value is -3.79. The molecule has 24 atom stereocenters. The zero-order valence-corrected chi connectivity index (χ0v) is 64.3. The average Bonchev–Trinajstić information content (AvgIpc) is 0.755. The molecule has 0 aromatic carbocycles. The molecule has 0 unspecified atom stereocenters. The van der Waals surface area contributed by atoms with Gasteiger partial charge in [0.2, 0.25) is 17.7 Å². The van der Waals surface area contributed by atoms with Gasteiger partial charge in [0.15, 0.2) is 12.6 Å². The Labute approximate surface area is 636 Å². The maximum atomic E-state index is 13.6. The van der Waals surface area contributed by atoms with Crippen molar-refractivity contribution in [2.24, 2.45) is 0 Å². The Morgan fingerprint density at radius 1 is 0.500 bits per heavy atom. The van der Waals surface area contributed by atoms with Crippen LogP contribution in [-0.4, -0.2) is 290 Å². The number of aliphatic hydroxyl groups is 14. The standard InChI is InChI=1S/C76H137N3O29/c1-5-7-9-11-13-15-17-19-21-22-23-24-26-28-30-32-34-36-38-40-58(90)79-50(51(86)39-37-35-33-31-29-27-25-20-18-16-14-12-10-8-6-2)47-101-71-65(95)64(94)67(57(46-83)103-71)104-72-66(96)70(62(92)55(44-81)102-72)108-76(74(99)100)42-53(88)60(78-49(4)85)69(107-76)63(93)56(45-82)105-75(73(97)98)41-52(87)59(77-48(3)84)68(106-75)61(91)54(89)43-80/h37,39,50-57,59-72,80-83,86-89,91-96H,5-36,38,40-47H2,1-4H3,(H,77,84)(H,78,85)(H,79,90)(H,97,98)(H,99,100)/b39-37+/t50-,51+,52-,53-,54+,55+,56+,57+,59+,60+,61+,62-,63+,64+,65+,66+,67+,68+,69+,70-,71+,72-,75+,76-/m0/s1. The van der Waals surface area contributed by atoms with E-state index in [2.05, 4.69) is 29.8 Å². The quantitative estimate of drug-likeness (QED) is 0.0307. The van der Waals surface area contributed by atoms with E-state index in [4.69, 9.17) is 37.9 Å². The van der Waals surface area contributed by atoms with Crippen molar-refractivity contribution in [1.82, 2.24) is 16.0 Å². The van der Waals surface area contributed by atoms with Crippen LogP contribution in [0.15, 0.2) is 12.2 Å². The van der Waals surface area contributed by atoms with Gasteiger partial charge in [-0.25, -0.2) is 9.59 Å². The van der Waals surface area contributed by atoms with Crippen LogP contribution in [0.3, 0.4) is 0 Å². The van der Waals surface area contributed by atoms with Crippen LogP contribution < -0.4 is 16.0 Å². The molecule has 0 aromatic heterocycles. The number of carboxylic acid groups (broad SMARTS) is 2. The van der Waals surface area contributed by atoms with Crippen molar-refractivity contribution in [3.63, 3.8) is 0 Å². The third-order valence-corrected chi connectivity index (χ3v) is 21.0. The summed E-state index contributed by atoms with van der Waals surface area (Å²) in [5.74, 6) is -13.1. The second kappa shape index (κ2) is 52.6. The second-order valence-corrected chi connectivity index (χ2v) is 30.0. The number of rotatable bonds is 58. The average molecular weight is 1560 g/mol. The molecule has 0 aromatic rings. The van der Waals surface area contributed by atoms with Crippen molar-refractivity contribution in [3.05, 3.63) is 12.2 Å². The molecule has 4 aliphatic heterocycles. The van der Waals surface area contributed by atoms with Crippen molar-refractivity contribution < 1.29 is 144 Å². The Morgan fingerprint density at radius 2 is 0.926 bits per heavy atom. The Kier molecular flexibility index (Phi) is 47.0. The normalized spacial score (nSPS) is 30.6. The first-order chi connectivity index (χ1) is 51.7. The Morgan fingerprint density at radius 3 is 1.36 bits per heavy atom. The van der Waals surface area contributed by atoms with Gasteiger partial charge in [0.1, 0.15) is 85.5 Å². The van der Waals surface area contributed by atoms with Crippen molar-refractivity contribution in [2.45, 2.75) is 405 Å². The van der Waals surface area contributed by atoms with E-state index in [0.717, 1.165) is 65.2 Å². The molecule has 4 fully saturated rings.